The number of fused-ring (bicyclic) bond motifs is 1. The molecule has 0 radical (unpaired) electrons. The highest BCUT2D eigenvalue weighted by Gasteiger charge is 2.17. The molecule has 0 aliphatic carbocycles. The molecule has 0 fully saturated rings. The molecule has 1 heterocycles. The Labute approximate surface area is 127 Å². The van der Waals surface area contributed by atoms with Crippen molar-refractivity contribution in [1.29, 1.82) is 0 Å². The molecule has 0 aromatic heterocycles. The summed E-state index contributed by atoms with van der Waals surface area (Å²) in [4.78, 5) is 0. The Hall–Kier alpha value is -2.02. The summed E-state index contributed by atoms with van der Waals surface area (Å²) in [5.41, 5.74) is 0.638. The van der Waals surface area contributed by atoms with Crippen molar-refractivity contribution in [3.63, 3.8) is 0 Å². The van der Waals surface area contributed by atoms with Crippen molar-refractivity contribution in [3.05, 3.63) is 45.9 Å². The minimum absolute atomic E-state index is 0.00772. The van der Waals surface area contributed by atoms with Crippen LogP contribution in [0.1, 0.15) is 5.56 Å². The fraction of sp³-hybridized carbons (Fsp3) is 0.143. The number of rotatable bonds is 3. The SMILES string of the molecule is Oc1cc2c(cc1CNc1cc(Br)c(F)cc1F)OCO2. The third-order valence-electron chi connectivity index (χ3n) is 3.05. The van der Waals surface area contributed by atoms with Crippen LogP contribution in [0.4, 0.5) is 14.5 Å². The van der Waals surface area contributed by atoms with Gasteiger partial charge in [0.2, 0.25) is 6.79 Å². The number of hydrogen-bond donors (Lipinski definition) is 2. The van der Waals surface area contributed by atoms with Crippen LogP contribution in [0.25, 0.3) is 0 Å². The van der Waals surface area contributed by atoms with Crippen LogP contribution in [0.2, 0.25) is 0 Å². The highest BCUT2D eigenvalue weighted by Crippen LogP contribution is 2.38. The molecule has 0 saturated heterocycles. The first-order valence-corrected chi connectivity index (χ1v) is 6.84. The van der Waals surface area contributed by atoms with Gasteiger partial charge in [0.15, 0.2) is 11.5 Å². The Morgan fingerprint density at radius 2 is 1.81 bits per heavy atom. The maximum atomic E-state index is 13.6. The maximum absolute atomic E-state index is 13.6. The second-order valence-electron chi connectivity index (χ2n) is 4.43. The van der Waals surface area contributed by atoms with Crippen molar-refractivity contribution >= 4 is 21.6 Å². The summed E-state index contributed by atoms with van der Waals surface area (Å²) >= 11 is 2.99. The first-order chi connectivity index (χ1) is 10.0. The van der Waals surface area contributed by atoms with Crippen molar-refractivity contribution in [2.75, 3.05) is 12.1 Å². The van der Waals surface area contributed by atoms with Gasteiger partial charge in [0, 0.05) is 24.2 Å². The van der Waals surface area contributed by atoms with E-state index in [9.17, 15) is 13.9 Å². The number of halogens is 3. The number of phenols is 1. The lowest BCUT2D eigenvalue weighted by Gasteiger charge is -2.10. The number of aromatic hydroxyl groups is 1. The van der Waals surface area contributed by atoms with Gasteiger partial charge >= 0.3 is 0 Å². The fourth-order valence-corrected chi connectivity index (χ4v) is 2.31. The second-order valence-corrected chi connectivity index (χ2v) is 5.29. The van der Waals surface area contributed by atoms with Crippen LogP contribution in [0.5, 0.6) is 17.2 Å². The van der Waals surface area contributed by atoms with Gasteiger partial charge in [-0.05, 0) is 28.1 Å². The van der Waals surface area contributed by atoms with Gasteiger partial charge in [0.05, 0.1) is 10.2 Å². The number of benzene rings is 2. The van der Waals surface area contributed by atoms with Crippen LogP contribution in [-0.2, 0) is 6.54 Å². The van der Waals surface area contributed by atoms with Crippen LogP contribution >= 0.6 is 15.9 Å². The molecule has 4 nitrogen and oxygen atoms in total. The van der Waals surface area contributed by atoms with Crippen LogP contribution in [0.3, 0.4) is 0 Å². The molecule has 7 heteroatoms. The molecule has 0 amide bonds. The molecular weight excluding hydrogens is 348 g/mol. The van der Waals surface area contributed by atoms with Crippen LogP contribution in [0, 0.1) is 11.6 Å². The van der Waals surface area contributed by atoms with E-state index >= 15 is 0 Å². The van der Waals surface area contributed by atoms with E-state index < -0.39 is 11.6 Å². The van der Waals surface area contributed by atoms with Gasteiger partial charge in [-0.3, -0.25) is 0 Å². The van der Waals surface area contributed by atoms with Crippen molar-refractivity contribution in [2.45, 2.75) is 6.54 Å². The summed E-state index contributed by atoms with van der Waals surface area (Å²) < 4.78 is 37.3. The highest BCUT2D eigenvalue weighted by atomic mass is 79.9. The summed E-state index contributed by atoms with van der Waals surface area (Å²) in [6, 6.07) is 5.14. The average molecular weight is 358 g/mol. The zero-order chi connectivity index (χ0) is 15.0. The van der Waals surface area contributed by atoms with Gasteiger partial charge in [-0.2, -0.15) is 0 Å². The smallest absolute Gasteiger partial charge is 0.231 e. The largest absolute Gasteiger partial charge is 0.507 e. The quantitative estimate of drug-likeness (QED) is 0.821. The minimum atomic E-state index is -0.712. The van der Waals surface area contributed by atoms with E-state index in [1.54, 1.807) is 6.07 Å². The molecule has 1 aliphatic rings. The number of ether oxygens (including phenoxy) is 2. The van der Waals surface area contributed by atoms with Gasteiger partial charge in [0.1, 0.15) is 17.4 Å². The summed E-state index contributed by atoms with van der Waals surface area (Å²) in [7, 11) is 0. The predicted octanol–water partition coefficient (Wildman–Crippen LogP) is 3.77. The van der Waals surface area contributed by atoms with E-state index in [4.69, 9.17) is 9.47 Å². The van der Waals surface area contributed by atoms with Gasteiger partial charge in [-0.15, -0.1) is 0 Å². The maximum Gasteiger partial charge on any atom is 0.231 e. The van der Waals surface area contributed by atoms with Crippen molar-refractivity contribution in [2.24, 2.45) is 0 Å². The molecule has 3 rings (SSSR count). The van der Waals surface area contributed by atoms with Crippen molar-refractivity contribution < 1.29 is 23.4 Å². The predicted molar refractivity (Wildman–Crippen MR) is 75.6 cm³/mol. The number of phenolic OH excluding ortho intramolecular Hbond substituents is 1. The Kier molecular flexibility index (Phi) is 3.59. The highest BCUT2D eigenvalue weighted by molar-refractivity contribution is 9.10. The summed E-state index contributed by atoms with van der Waals surface area (Å²) in [6.07, 6.45) is 0. The number of anilines is 1. The number of nitrogens with one attached hydrogen (secondary N) is 1. The van der Waals surface area contributed by atoms with Crippen molar-refractivity contribution in [1.82, 2.24) is 0 Å². The third-order valence-corrected chi connectivity index (χ3v) is 3.66. The average Bonchev–Trinajstić information content (AvgIpc) is 2.88. The molecular formula is C14H10BrF2NO3. The fourth-order valence-electron chi connectivity index (χ4n) is 1.96. The molecule has 0 bridgehead atoms. The molecule has 110 valence electrons. The van der Waals surface area contributed by atoms with E-state index in [2.05, 4.69) is 21.2 Å². The zero-order valence-corrected chi connectivity index (χ0v) is 12.2. The third kappa shape index (κ3) is 2.73. The normalized spacial score (nSPS) is 12.5. The van der Waals surface area contributed by atoms with Gasteiger partial charge in [0.25, 0.3) is 0 Å². The molecule has 21 heavy (non-hydrogen) atoms. The summed E-state index contributed by atoms with van der Waals surface area (Å²) in [6.45, 7) is 0.253. The standard InChI is InChI=1S/C14H10BrF2NO3/c15-8-2-11(10(17)3-9(8)16)18-5-7-1-13-14(4-12(7)19)21-6-20-13/h1-4,18-19H,5-6H2. The summed E-state index contributed by atoms with van der Waals surface area (Å²) in [5, 5.41) is 12.7. The topological polar surface area (TPSA) is 50.7 Å². The lowest BCUT2D eigenvalue weighted by Crippen LogP contribution is -2.02. The molecule has 0 spiro atoms. The Morgan fingerprint density at radius 3 is 2.57 bits per heavy atom. The monoisotopic (exact) mass is 357 g/mol. The van der Waals surface area contributed by atoms with E-state index in [1.807, 2.05) is 0 Å². The van der Waals surface area contributed by atoms with E-state index in [-0.39, 0.29) is 29.2 Å². The molecule has 2 N–H and O–H groups in total. The molecule has 0 atom stereocenters. The van der Waals surface area contributed by atoms with Crippen LogP contribution < -0.4 is 14.8 Å². The van der Waals surface area contributed by atoms with Crippen LogP contribution in [0.15, 0.2) is 28.7 Å². The molecule has 0 saturated carbocycles. The van der Waals surface area contributed by atoms with Crippen molar-refractivity contribution in [3.8, 4) is 17.2 Å². The van der Waals surface area contributed by atoms with Gasteiger partial charge < -0.3 is 19.9 Å². The lowest BCUT2D eigenvalue weighted by molar-refractivity contribution is 0.174. The van der Waals surface area contributed by atoms with E-state index in [0.29, 0.717) is 17.1 Å². The van der Waals surface area contributed by atoms with Gasteiger partial charge in [-0.25, -0.2) is 8.78 Å². The molecule has 2 aromatic rings. The Morgan fingerprint density at radius 1 is 1.10 bits per heavy atom. The Balaban J connectivity index is 1.81. The number of hydrogen-bond acceptors (Lipinski definition) is 4. The zero-order valence-electron chi connectivity index (χ0n) is 10.6. The van der Waals surface area contributed by atoms with Gasteiger partial charge in [-0.1, -0.05) is 0 Å². The van der Waals surface area contributed by atoms with E-state index in [1.165, 1.54) is 12.1 Å². The lowest BCUT2D eigenvalue weighted by atomic mass is 10.1. The van der Waals surface area contributed by atoms with Crippen LogP contribution in [-0.4, -0.2) is 11.9 Å². The van der Waals surface area contributed by atoms with E-state index in [0.717, 1.165) is 6.07 Å². The molecule has 2 aromatic carbocycles. The first kappa shape index (κ1) is 13.9. The first-order valence-electron chi connectivity index (χ1n) is 6.04. The minimum Gasteiger partial charge on any atom is -0.507 e. The molecule has 1 aliphatic heterocycles. The molecule has 0 unspecified atom stereocenters. The Bertz CT molecular complexity index is 709. The second kappa shape index (κ2) is 5.40. The summed E-state index contributed by atoms with van der Waals surface area (Å²) in [5.74, 6) is -0.398.